The Bertz CT molecular complexity index is 938. The van der Waals surface area contributed by atoms with E-state index < -0.39 is 5.97 Å². The van der Waals surface area contributed by atoms with Gasteiger partial charge in [0, 0.05) is 22.7 Å². The second kappa shape index (κ2) is 10.7. The number of esters is 1. The van der Waals surface area contributed by atoms with Crippen molar-refractivity contribution in [2.45, 2.75) is 68.2 Å². The normalized spacial score (nSPS) is 12.0. The second-order valence-electron chi connectivity index (χ2n) is 10.5. The van der Waals surface area contributed by atoms with Gasteiger partial charge in [-0.15, -0.1) is 0 Å². The van der Waals surface area contributed by atoms with Gasteiger partial charge in [0.25, 0.3) is 0 Å². The zero-order valence-electron chi connectivity index (χ0n) is 20.7. The molecule has 0 amide bonds. The van der Waals surface area contributed by atoms with Crippen LogP contribution in [0.3, 0.4) is 0 Å². The summed E-state index contributed by atoms with van der Waals surface area (Å²) in [6.45, 7) is 17.3. The van der Waals surface area contributed by atoms with Crippen LogP contribution in [-0.4, -0.2) is 25.8 Å². The Morgan fingerprint density at radius 1 is 0.844 bits per heavy atom. The summed E-state index contributed by atoms with van der Waals surface area (Å²) in [7, 11) is 0. The van der Waals surface area contributed by atoms with Crippen LogP contribution < -0.4 is 18.9 Å². The molecule has 6 heteroatoms. The SMILES string of the molecule is CCCCOc1c(OCC(C)(C)C)c(OCC(C)(C)C)c(OC(C)=O)c2ccc(Cl)cc12. The van der Waals surface area contributed by atoms with E-state index in [1.54, 1.807) is 6.07 Å². The molecule has 0 fully saturated rings. The van der Waals surface area contributed by atoms with Gasteiger partial charge in [0.2, 0.25) is 11.5 Å². The molecule has 2 aromatic carbocycles. The lowest BCUT2D eigenvalue weighted by Crippen LogP contribution is -2.20. The number of carbonyl (C=O) groups excluding carboxylic acids is 1. The van der Waals surface area contributed by atoms with E-state index in [1.807, 2.05) is 12.1 Å². The van der Waals surface area contributed by atoms with E-state index in [4.69, 9.17) is 30.5 Å². The summed E-state index contributed by atoms with van der Waals surface area (Å²) in [5.74, 6) is 1.25. The molecule has 0 unspecified atom stereocenters. The standard InChI is InChI=1S/C26H37ClO5/c1-9-10-13-29-21-20-14-18(27)11-12-19(20)22(32-17(2)28)24(31-16-26(6,7)8)23(21)30-15-25(3,4)5/h11-12,14H,9-10,13,15-16H2,1-8H3. The zero-order chi connectivity index (χ0) is 24.1. The Morgan fingerprint density at radius 3 is 1.91 bits per heavy atom. The van der Waals surface area contributed by atoms with Gasteiger partial charge in [-0.1, -0.05) is 66.5 Å². The minimum atomic E-state index is -0.441. The van der Waals surface area contributed by atoms with Gasteiger partial charge in [0.15, 0.2) is 11.5 Å². The number of fused-ring (bicyclic) bond motifs is 1. The van der Waals surface area contributed by atoms with Gasteiger partial charge < -0.3 is 18.9 Å². The van der Waals surface area contributed by atoms with E-state index in [1.165, 1.54) is 6.92 Å². The van der Waals surface area contributed by atoms with Crippen LogP contribution in [-0.2, 0) is 4.79 Å². The molecule has 0 aliphatic rings. The van der Waals surface area contributed by atoms with Crippen molar-refractivity contribution in [2.24, 2.45) is 10.8 Å². The lowest BCUT2D eigenvalue weighted by molar-refractivity contribution is -0.131. The molecule has 0 atom stereocenters. The van der Waals surface area contributed by atoms with Gasteiger partial charge >= 0.3 is 5.97 Å². The number of carbonyl (C=O) groups is 1. The van der Waals surface area contributed by atoms with Crippen LogP contribution in [0.25, 0.3) is 10.8 Å². The summed E-state index contributed by atoms with van der Waals surface area (Å²) in [6.07, 6.45) is 1.89. The van der Waals surface area contributed by atoms with E-state index in [9.17, 15) is 4.79 Å². The van der Waals surface area contributed by atoms with E-state index in [-0.39, 0.29) is 10.8 Å². The monoisotopic (exact) mass is 464 g/mol. The Balaban J connectivity index is 2.82. The molecule has 5 nitrogen and oxygen atoms in total. The fourth-order valence-electron chi connectivity index (χ4n) is 2.90. The molecule has 2 rings (SSSR count). The van der Waals surface area contributed by atoms with Crippen LogP contribution >= 0.6 is 11.6 Å². The van der Waals surface area contributed by atoms with Crippen molar-refractivity contribution in [3.63, 3.8) is 0 Å². The molecule has 178 valence electrons. The minimum absolute atomic E-state index is 0.104. The molecule has 2 aromatic rings. The first-order valence-electron chi connectivity index (χ1n) is 11.2. The van der Waals surface area contributed by atoms with Crippen molar-refractivity contribution in [3.8, 4) is 23.0 Å². The van der Waals surface area contributed by atoms with Gasteiger partial charge in [-0.2, -0.15) is 0 Å². The molecule has 0 aliphatic heterocycles. The number of benzene rings is 2. The first-order valence-corrected chi connectivity index (χ1v) is 11.6. The molecular formula is C26H37ClO5. The average molecular weight is 465 g/mol. The van der Waals surface area contributed by atoms with Gasteiger partial charge in [-0.25, -0.2) is 0 Å². The minimum Gasteiger partial charge on any atom is -0.489 e. The summed E-state index contributed by atoms with van der Waals surface area (Å²) in [5, 5.41) is 1.96. The molecule has 0 N–H and O–H groups in total. The maximum atomic E-state index is 12.0. The van der Waals surface area contributed by atoms with Crippen molar-refractivity contribution < 1.29 is 23.7 Å². The van der Waals surface area contributed by atoms with E-state index in [0.29, 0.717) is 53.2 Å². The van der Waals surface area contributed by atoms with Crippen molar-refractivity contribution in [1.29, 1.82) is 0 Å². The van der Waals surface area contributed by atoms with Crippen molar-refractivity contribution >= 4 is 28.3 Å². The van der Waals surface area contributed by atoms with E-state index in [0.717, 1.165) is 18.2 Å². The lowest BCUT2D eigenvalue weighted by Gasteiger charge is -2.27. The molecule has 0 saturated carbocycles. The number of ether oxygens (including phenoxy) is 4. The molecule has 0 heterocycles. The fraction of sp³-hybridized carbons (Fsp3) is 0.577. The third-order valence-corrected chi connectivity index (χ3v) is 4.61. The predicted octanol–water partition coefficient (Wildman–Crippen LogP) is 7.45. The fourth-order valence-corrected chi connectivity index (χ4v) is 3.07. The number of hydrogen-bond acceptors (Lipinski definition) is 5. The molecule has 0 aliphatic carbocycles. The van der Waals surface area contributed by atoms with Crippen LogP contribution in [0.1, 0.15) is 68.2 Å². The third kappa shape index (κ3) is 7.47. The summed E-state index contributed by atoms with van der Waals surface area (Å²) < 4.78 is 24.5. The first kappa shape index (κ1) is 26.1. The van der Waals surface area contributed by atoms with E-state index >= 15 is 0 Å². The highest BCUT2D eigenvalue weighted by atomic mass is 35.5. The van der Waals surface area contributed by atoms with Crippen LogP contribution in [0.4, 0.5) is 0 Å². The number of halogens is 1. The highest BCUT2D eigenvalue weighted by Gasteiger charge is 2.28. The molecule has 32 heavy (non-hydrogen) atoms. The Morgan fingerprint density at radius 2 is 1.41 bits per heavy atom. The lowest BCUT2D eigenvalue weighted by atomic mass is 9.98. The highest BCUT2D eigenvalue weighted by Crippen LogP contribution is 2.52. The van der Waals surface area contributed by atoms with Crippen molar-refractivity contribution in [3.05, 3.63) is 23.2 Å². The van der Waals surface area contributed by atoms with Crippen molar-refractivity contribution in [1.82, 2.24) is 0 Å². The molecule has 0 radical (unpaired) electrons. The van der Waals surface area contributed by atoms with Gasteiger partial charge in [-0.3, -0.25) is 4.79 Å². The van der Waals surface area contributed by atoms with Crippen LogP contribution in [0.5, 0.6) is 23.0 Å². The zero-order valence-corrected chi connectivity index (χ0v) is 21.4. The summed E-state index contributed by atoms with van der Waals surface area (Å²) >= 11 is 6.34. The number of rotatable bonds is 9. The topological polar surface area (TPSA) is 54.0 Å². The summed E-state index contributed by atoms with van der Waals surface area (Å²) in [4.78, 5) is 12.0. The number of unbranched alkanes of at least 4 members (excludes halogenated alkanes) is 1. The first-order chi connectivity index (χ1) is 14.8. The molecule has 0 spiro atoms. The predicted molar refractivity (Wildman–Crippen MR) is 131 cm³/mol. The average Bonchev–Trinajstić information content (AvgIpc) is 2.65. The third-order valence-electron chi connectivity index (χ3n) is 4.38. The summed E-state index contributed by atoms with van der Waals surface area (Å²) in [5.41, 5.74) is -0.222. The largest absolute Gasteiger partial charge is 0.489 e. The van der Waals surface area contributed by atoms with E-state index in [2.05, 4.69) is 48.5 Å². The smallest absolute Gasteiger partial charge is 0.308 e. The molecular weight excluding hydrogens is 428 g/mol. The second-order valence-corrected chi connectivity index (χ2v) is 10.9. The molecule has 0 aromatic heterocycles. The maximum Gasteiger partial charge on any atom is 0.308 e. The van der Waals surface area contributed by atoms with Crippen LogP contribution in [0.2, 0.25) is 5.02 Å². The Hall–Kier alpha value is -2.14. The van der Waals surface area contributed by atoms with Gasteiger partial charge in [-0.05, 0) is 35.4 Å². The Labute approximate surface area is 197 Å². The van der Waals surface area contributed by atoms with Crippen LogP contribution in [0.15, 0.2) is 18.2 Å². The summed E-state index contributed by atoms with van der Waals surface area (Å²) in [6, 6.07) is 5.39. The molecule has 0 saturated heterocycles. The van der Waals surface area contributed by atoms with Gasteiger partial charge in [0.1, 0.15) is 0 Å². The number of hydrogen-bond donors (Lipinski definition) is 0. The maximum absolute atomic E-state index is 12.0. The molecule has 0 bridgehead atoms. The highest BCUT2D eigenvalue weighted by molar-refractivity contribution is 6.31. The van der Waals surface area contributed by atoms with Crippen LogP contribution in [0, 0.1) is 10.8 Å². The van der Waals surface area contributed by atoms with Gasteiger partial charge in [0.05, 0.1) is 19.8 Å². The Kier molecular flexibility index (Phi) is 8.69. The van der Waals surface area contributed by atoms with Crippen molar-refractivity contribution in [2.75, 3.05) is 19.8 Å². The quantitative estimate of drug-likeness (QED) is 0.219.